The summed E-state index contributed by atoms with van der Waals surface area (Å²) in [6, 6.07) is 7.44. The number of nitrogens with two attached hydrogens (primary N) is 1. The van der Waals surface area contributed by atoms with E-state index in [1.807, 2.05) is 24.3 Å². The van der Waals surface area contributed by atoms with Gasteiger partial charge in [0.15, 0.2) is 5.65 Å². The summed E-state index contributed by atoms with van der Waals surface area (Å²) < 4.78 is 0. The van der Waals surface area contributed by atoms with Crippen molar-refractivity contribution < 1.29 is 0 Å². The third-order valence-electron chi connectivity index (χ3n) is 2.47. The van der Waals surface area contributed by atoms with Crippen LogP contribution in [0.1, 0.15) is 0 Å². The molecule has 3 aromatic rings. The minimum atomic E-state index is 0.167. The van der Waals surface area contributed by atoms with E-state index in [2.05, 4.69) is 19.9 Å². The number of imidazole rings is 1. The second kappa shape index (κ2) is 3.71. The number of benzene rings is 1. The number of para-hydroxylation sites is 1. The van der Waals surface area contributed by atoms with Gasteiger partial charge in [-0.1, -0.05) is 18.2 Å². The fraction of sp³-hybridized carbons (Fsp3) is 0. The molecule has 0 radical (unpaired) electrons. The summed E-state index contributed by atoms with van der Waals surface area (Å²) in [7, 11) is 0. The molecule has 6 heteroatoms. The maximum Gasteiger partial charge on any atom is 0.225 e. The maximum absolute atomic E-state index is 5.92. The highest BCUT2D eigenvalue weighted by Gasteiger charge is 2.12. The Hall–Kier alpha value is -2.14. The SMILES string of the molecule is Nc1ccccc1-c1nc(Cl)nc2[nH]cnc12. The first-order chi connectivity index (χ1) is 8.25. The quantitative estimate of drug-likeness (QED) is 0.509. The molecule has 0 saturated carbocycles. The molecule has 0 fully saturated rings. The van der Waals surface area contributed by atoms with Gasteiger partial charge in [0.2, 0.25) is 5.28 Å². The van der Waals surface area contributed by atoms with Gasteiger partial charge in [-0.05, 0) is 17.7 Å². The third kappa shape index (κ3) is 1.60. The summed E-state index contributed by atoms with van der Waals surface area (Å²) in [5, 5.41) is 0.167. The summed E-state index contributed by atoms with van der Waals surface area (Å²) in [5.41, 5.74) is 9.25. The van der Waals surface area contributed by atoms with Crippen LogP contribution in [0.4, 0.5) is 5.69 Å². The second-order valence-electron chi connectivity index (χ2n) is 3.53. The van der Waals surface area contributed by atoms with Crippen LogP contribution < -0.4 is 5.73 Å². The molecule has 2 heterocycles. The van der Waals surface area contributed by atoms with E-state index in [1.165, 1.54) is 0 Å². The van der Waals surface area contributed by atoms with Crippen molar-refractivity contribution in [3.63, 3.8) is 0 Å². The minimum absolute atomic E-state index is 0.167. The first kappa shape index (κ1) is 10.0. The lowest BCUT2D eigenvalue weighted by atomic mass is 10.1. The van der Waals surface area contributed by atoms with Crippen molar-refractivity contribution in [1.29, 1.82) is 0 Å². The van der Waals surface area contributed by atoms with E-state index in [1.54, 1.807) is 6.33 Å². The predicted octanol–water partition coefficient (Wildman–Crippen LogP) is 2.26. The first-order valence-electron chi connectivity index (χ1n) is 4.97. The molecule has 0 saturated heterocycles. The molecular weight excluding hydrogens is 238 g/mol. The monoisotopic (exact) mass is 245 g/mol. The molecule has 84 valence electrons. The first-order valence-corrected chi connectivity index (χ1v) is 5.35. The Balaban J connectivity index is 2.37. The van der Waals surface area contributed by atoms with Gasteiger partial charge in [0.25, 0.3) is 0 Å². The molecule has 0 spiro atoms. The molecule has 17 heavy (non-hydrogen) atoms. The van der Waals surface area contributed by atoms with E-state index < -0.39 is 0 Å². The maximum atomic E-state index is 5.92. The van der Waals surface area contributed by atoms with Crippen LogP contribution >= 0.6 is 11.6 Å². The second-order valence-corrected chi connectivity index (χ2v) is 3.87. The number of H-pyrrole nitrogens is 1. The van der Waals surface area contributed by atoms with Crippen molar-refractivity contribution in [3.8, 4) is 11.3 Å². The van der Waals surface area contributed by atoms with Gasteiger partial charge in [-0.15, -0.1) is 0 Å². The number of halogens is 1. The summed E-state index contributed by atoms with van der Waals surface area (Å²) in [6.45, 7) is 0. The third-order valence-corrected chi connectivity index (χ3v) is 2.64. The summed E-state index contributed by atoms with van der Waals surface area (Å²) in [4.78, 5) is 15.3. The topological polar surface area (TPSA) is 80.5 Å². The lowest BCUT2D eigenvalue weighted by Gasteiger charge is -2.05. The summed E-state index contributed by atoms with van der Waals surface area (Å²) in [6.07, 6.45) is 1.55. The zero-order valence-electron chi connectivity index (χ0n) is 8.68. The minimum Gasteiger partial charge on any atom is -0.398 e. The number of rotatable bonds is 1. The molecule has 3 N–H and O–H groups in total. The van der Waals surface area contributed by atoms with Crippen LogP contribution in [0.25, 0.3) is 22.4 Å². The number of nitrogens with one attached hydrogen (secondary N) is 1. The van der Waals surface area contributed by atoms with E-state index in [-0.39, 0.29) is 5.28 Å². The van der Waals surface area contributed by atoms with Gasteiger partial charge >= 0.3 is 0 Å². The van der Waals surface area contributed by atoms with Crippen molar-refractivity contribution in [2.24, 2.45) is 0 Å². The van der Waals surface area contributed by atoms with Crippen molar-refractivity contribution in [1.82, 2.24) is 19.9 Å². The number of anilines is 1. The molecule has 0 aliphatic carbocycles. The molecule has 5 nitrogen and oxygen atoms in total. The average Bonchev–Trinajstić information content (AvgIpc) is 2.76. The lowest BCUT2D eigenvalue weighted by molar-refractivity contribution is 1.20. The zero-order valence-corrected chi connectivity index (χ0v) is 9.44. The van der Waals surface area contributed by atoms with Gasteiger partial charge in [-0.25, -0.2) is 9.97 Å². The Morgan fingerprint density at radius 2 is 2.00 bits per heavy atom. The van der Waals surface area contributed by atoms with E-state index in [0.29, 0.717) is 22.5 Å². The molecule has 0 amide bonds. The van der Waals surface area contributed by atoms with Gasteiger partial charge in [0.05, 0.1) is 6.33 Å². The molecule has 3 rings (SSSR count). The Kier molecular flexibility index (Phi) is 2.19. The molecule has 1 aromatic carbocycles. The highest BCUT2D eigenvalue weighted by atomic mass is 35.5. The molecule has 0 aliphatic heterocycles. The Morgan fingerprint density at radius 3 is 2.82 bits per heavy atom. The molecule has 0 aliphatic rings. The van der Waals surface area contributed by atoms with Gasteiger partial charge < -0.3 is 10.7 Å². The van der Waals surface area contributed by atoms with Crippen LogP contribution in [0.3, 0.4) is 0 Å². The largest absolute Gasteiger partial charge is 0.398 e. The standard InChI is InChI=1S/C11H8ClN5/c12-11-16-8(6-3-1-2-4-7(6)13)9-10(17-11)15-5-14-9/h1-5H,13H2,(H,14,15,16,17). The number of nitrogens with zero attached hydrogens (tertiary/aromatic N) is 3. The summed E-state index contributed by atoms with van der Waals surface area (Å²) >= 11 is 5.87. The normalized spacial score (nSPS) is 10.9. The molecule has 0 bridgehead atoms. The molecule has 0 atom stereocenters. The van der Waals surface area contributed by atoms with Gasteiger partial charge in [0.1, 0.15) is 11.2 Å². The van der Waals surface area contributed by atoms with Crippen molar-refractivity contribution in [3.05, 3.63) is 35.9 Å². The lowest BCUT2D eigenvalue weighted by Crippen LogP contribution is -1.94. The summed E-state index contributed by atoms with van der Waals surface area (Å²) in [5.74, 6) is 0. The Morgan fingerprint density at radius 1 is 1.18 bits per heavy atom. The molecular formula is C11H8ClN5. The van der Waals surface area contributed by atoms with Crippen LogP contribution in [-0.4, -0.2) is 19.9 Å². The van der Waals surface area contributed by atoms with Crippen molar-refractivity contribution in [2.45, 2.75) is 0 Å². The number of hydrogen-bond acceptors (Lipinski definition) is 4. The van der Waals surface area contributed by atoms with Crippen LogP contribution in [0.15, 0.2) is 30.6 Å². The Bertz CT molecular complexity index is 691. The zero-order chi connectivity index (χ0) is 11.8. The van der Waals surface area contributed by atoms with Crippen LogP contribution in [0.2, 0.25) is 5.28 Å². The van der Waals surface area contributed by atoms with E-state index >= 15 is 0 Å². The van der Waals surface area contributed by atoms with Gasteiger partial charge in [-0.3, -0.25) is 0 Å². The number of fused-ring (bicyclic) bond motifs is 1. The average molecular weight is 246 g/mol. The van der Waals surface area contributed by atoms with Crippen LogP contribution in [-0.2, 0) is 0 Å². The van der Waals surface area contributed by atoms with Crippen LogP contribution in [0, 0.1) is 0 Å². The highest BCUT2D eigenvalue weighted by Crippen LogP contribution is 2.29. The number of aromatic nitrogens is 4. The van der Waals surface area contributed by atoms with E-state index in [9.17, 15) is 0 Å². The molecule has 0 unspecified atom stereocenters. The van der Waals surface area contributed by atoms with E-state index in [4.69, 9.17) is 17.3 Å². The van der Waals surface area contributed by atoms with Crippen molar-refractivity contribution >= 4 is 28.5 Å². The molecule has 2 aromatic heterocycles. The van der Waals surface area contributed by atoms with Gasteiger partial charge in [-0.2, -0.15) is 4.98 Å². The number of hydrogen-bond donors (Lipinski definition) is 2. The number of aromatic amines is 1. The Labute approximate surface area is 102 Å². The fourth-order valence-electron chi connectivity index (χ4n) is 1.71. The predicted molar refractivity (Wildman–Crippen MR) is 66.5 cm³/mol. The fourth-order valence-corrected chi connectivity index (χ4v) is 1.88. The smallest absolute Gasteiger partial charge is 0.225 e. The van der Waals surface area contributed by atoms with Gasteiger partial charge in [0, 0.05) is 11.3 Å². The highest BCUT2D eigenvalue weighted by molar-refractivity contribution is 6.28. The van der Waals surface area contributed by atoms with Crippen molar-refractivity contribution in [2.75, 3.05) is 5.73 Å². The number of nitrogen functional groups attached to an aromatic ring is 1. The van der Waals surface area contributed by atoms with E-state index in [0.717, 1.165) is 5.56 Å². The van der Waals surface area contributed by atoms with Crippen LogP contribution in [0.5, 0.6) is 0 Å².